The first-order chi connectivity index (χ1) is 11.7. The van der Waals surface area contributed by atoms with E-state index < -0.39 is 0 Å². The molecule has 0 aliphatic carbocycles. The lowest BCUT2D eigenvalue weighted by atomic mass is 10.2. The van der Waals surface area contributed by atoms with E-state index in [-0.39, 0.29) is 11.8 Å². The second-order valence-corrected chi connectivity index (χ2v) is 6.28. The van der Waals surface area contributed by atoms with Gasteiger partial charge in [-0.05, 0) is 49.3 Å². The maximum Gasteiger partial charge on any atom is 0.305 e. The molecule has 0 spiro atoms. The summed E-state index contributed by atoms with van der Waals surface area (Å²) < 4.78 is 17.4. The average Bonchev–Trinajstić information content (AvgIpc) is 2.60. The first-order valence-electron chi connectivity index (χ1n) is 8.05. The monoisotopic (exact) mass is 355 g/mol. The molecule has 0 bridgehead atoms. The summed E-state index contributed by atoms with van der Waals surface area (Å²) >= 11 is 1.71. The molecule has 0 saturated heterocycles. The number of carbonyl (C=O) groups excluding carboxylic acids is 1. The molecule has 24 heavy (non-hydrogen) atoms. The van der Waals surface area contributed by atoms with E-state index in [1.165, 1.54) is 19.2 Å². The van der Waals surface area contributed by atoms with Crippen LogP contribution in [0.3, 0.4) is 0 Å². The Morgan fingerprint density at radius 1 is 1.17 bits per heavy atom. The van der Waals surface area contributed by atoms with Crippen molar-refractivity contribution in [3.05, 3.63) is 30.1 Å². The number of aliphatic imine (C=N–C) groups is 1. The molecule has 0 unspecified atom stereocenters. The summed E-state index contributed by atoms with van der Waals surface area (Å²) in [6.07, 6.45) is 3.11. The third-order valence-electron chi connectivity index (χ3n) is 3.25. The van der Waals surface area contributed by atoms with Crippen molar-refractivity contribution in [3.63, 3.8) is 0 Å². The second-order valence-electron chi connectivity index (χ2n) is 5.11. The SMILES string of the molecule is CN=C(NCCCCC(=O)OC)NCCCSc1ccc(F)cc1. The zero-order valence-corrected chi connectivity index (χ0v) is 15.1. The van der Waals surface area contributed by atoms with Crippen LogP contribution in [0.5, 0.6) is 0 Å². The van der Waals surface area contributed by atoms with E-state index in [0.717, 1.165) is 49.0 Å². The van der Waals surface area contributed by atoms with Gasteiger partial charge in [0, 0.05) is 31.5 Å². The largest absolute Gasteiger partial charge is 0.469 e. The molecule has 1 rings (SSSR count). The molecule has 0 amide bonds. The molecule has 0 aromatic heterocycles. The van der Waals surface area contributed by atoms with Crippen LogP contribution in [0.15, 0.2) is 34.2 Å². The van der Waals surface area contributed by atoms with E-state index in [1.54, 1.807) is 30.9 Å². The van der Waals surface area contributed by atoms with Gasteiger partial charge < -0.3 is 15.4 Å². The minimum Gasteiger partial charge on any atom is -0.469 e. The van der Waals surface area contributed by atoms with E-state index in [4.69, 9.17) is 0 Å². The van der Waals surface area contributed by atoms with E-state index in [2.05, 4.69) is 20.4 Å². The Kier molecular flexibility index (Phi) is 10.7. The third-order valence-corrected chi connectivity index (χ3v) is 4.35. The minimum atomic E-state index is -0.206. The van der Waals surface area contributed by atoms with Crippen molar-refractivity contribution in [3.8, 4) is 0 Å². The molecular weight excluding hydrogens is 329 g/mol. The zero-order valence-electron chi connectivity index (χ0n) is 14.3. The van der Waals surface area contributed by atoms with Gasteiger partial charge >= 0.3 is 5.97 Å². The predicted octanol–water partition coefficient (Wildman–Crippen LogP) is 2.82. The highest BCUT2D eigenvalue weighted by Crippen LogP contribution is 2.18. The number of guanidine groups is 1. The van der Waals surface area contributed by atoms with Gasteiger partial charge in [0.15, 0.2) is 5.96 Å². The van der Waals surface area contributed by atoms with Crippen molar-refractivity contribution in [2.75, 3.05) is 33.0 Å². The number of benzene rings is 1. The Labute approximate surface area is 147 Å². The van der Waals surface area contributed by atoms with Crippen LogP contribution in [0.1, 0.15) is 25.7 Å². The van der Waals surface area contributed by atoms with Crippen LogP contribution < -0.4 is 10.6 Å². The van der Waals surface area contributed by atoms with Crippen LogP contribution in [-0.4, -0.2) is 44.9 Å². The number of nitrogens with zero attached hydrogens (tertiary/aromatic N) is 1. The molecule has 0 radical (unpaired) electrons. The predicted molar refractivity (Wildman–Crippen MR) is 97.0 cm³/mol. The number of hydrogen-bond donors (Lipinski definition) is 2. The molecule has 0 saturated carbocycles. The third kappa shape index (κ3) is 9.39. The Morgan fingerprint density at radius 2 is 1.83 bits per heavy atom. The number of unbranched alkanes of at least 4 members (excludes halogenated alkanes) is 1. The van der Waals surface area contributed by atoms with Crippen molar-refractivity contribution in [2.45, 2.75) is 30.6 Å². The van der Waals surface area contributed by atoms with Crippen LogP contribution in [0.4, 0.5) is 4.39 Å². The maximum atomic E-state index is 12.8. The number of methoxy groups -OCH3 is 1. The molecule has 7 heteroatoms. The Morgan fingerprint density at radius 3 is 2.46 bits per heavy atom. The first kappa shape index (κ1) is 20.3. The Bertz CT molecular complexity index is 509. The second kappa shape index (κ2) is 12.6. The molecule has 5 nitrogen and oxygen atoms in total. The summed E-state index contributed by atoms with van der Waals surface area (Å²) in [6, 6.07) is 6.55. The molecule has 0 atom stereocenters. The van der Waals surface area contributed by atoms with Crippen molar-refractivity contribution in [1.82, 2.24) is 10.6 Å². The van der Waals surface area contributed by atoms with E-state index in [1.807, 2.05) is 0 Å². The molecule has 0 aliphatic heterocycles. The minimum absolute atomic E-state index is 0.170. The van der Waals surface area contributed by atoms with Crippen LogP contribution in [-0.2, 0) is 9.53 Å². The maximum absolute atomic E-state index is 12.8. The summed E-state index contributed by atoms with van der Waals surface area (Å²) in [7, 11) is 3.14. The van der Waals surface area contributed by atoms with E-state index in [0.29, 0.717) is 6.42 Å². The van der Waals surface area contributed by atoms with Crippen molar-refractivity contribution in [1.29, 1.82) is 0 Å². The van der Waals surface area contributed by atoms with Gasteiger partial charge in [0.25, 0.3) is 0 Å². The summed E-state index contributed by atoms with van der Waals surface area (Å²) in [6.45, 7) is 1.58. The fourth-order valence-corrected chi connectivity index (χ4v) is 2.78. The molecule has 0 aliphatic rings. The highest BCUT2D eigenvalue weighted by Gasteiger charge is 2.01. The molecule has 1 aromatic carbocycles. The van der Waals surface area contributed by atoms with Crippen molar-refractivity contribution in [2.24, 2.45) is 4.99 Å². The topological polar surface area (TPSA) is 62.7 Å². The number of ether oxygens (including phenoxy) is 1. The fraction of sp³-hybridized carbons (Fsp3) is 0.529. The lowest BCUT2D eigenvalue weighted by Gasteiger charge is -2.11. The van der Waals surface area contributed by atoms with Crippen LogP contribution in [0, 0.1) is 5.82 Å². The van der Waals surface area contributed by atoms with E-state index in [9.17, 15) is 9.18 Å². The summed E-state index contributed by atoms with van der Waals surface area (Å²) in [5, 5.41) is 6.46. The number of halogens is 1. The van der Waals surface area contributed by atoms with Crippen molar-refractivity contribution < 1.29 is 13.9 Å². The van der Waals surface area contributed by atoms with Gasteiger partial charge in [-0.3, -0.25) is 9.79 Å². The number of hydrogen-bond acceptors (Lipinski definition) is 4. The zero-order chi connectivity index (χ0) is 17.6. The number of esters is 1. The number of nitrogens with one attached hydrogen (secondary N) is 2. The first-order valence-corrected chi connectivity index (χ1v) is 9.04. The fourth-order valence-electron chi connectivity index (χ4n) is 1.92. The molecule has 2 N–H and O–H groups in total. The average molecular weight is 355 g/mol. The number of carbonyl (C=O) groups is 1. The lowest BCUT2D eigenvalue weighted by Crippen LogP contribution is -2.38. The molecule has 0 fully saturated rings. The summed E-state index contributed by atoms with van der Waals surface area (Å²) in [4.78, 5) is 16.2. The number of thioether (sulfide) groups is 1. The van der Waals surface area contributed by atoms with Gasteiger partial charge in [-0.25, -0.2) is 4.39 Å². The van der Waals surface area contributed by atoms with Crippen LogP contribution in [0.25, 0.3) is 0 Å². The van der Waals surface area contributed by atoms with Gasteiger partial charge in [0.2, 0.25) is 0 Å². The smallest absolute Gasteiger partial charge is 0.305 e. The lowest BCUT2D eigenvalue weighted by molar-refractivity contribution is -0.140. The van der Waals surface area contributed by atoms with Crippen LogP contribution >= 0.6 is 11.8 Å². The van der Waals surface area contributed by atoms with Gasteiger partial charge in [0.05, 0.1) is 7.11 Å². The van der Waals surface area contributed by atoms with Gasteiger partial charge in [-0.2, -0.15) is 0 Å². The van der Waals surface area contributed by atoms with Gasteiger partial charge in [-0.1, -0.05) is 0 Å². The van der Waals surface area contributed by atoms with Crippen molar-refractivity contribution >= 4 is 23.7 Å². The van der Waals surface area contributed by atoms with Crippen LogP contribution in [0.2, 0.25) is 0 Å². The highest BCUT2D eigenvalue weighted by molar-refractivity contribution is 7.99. The molecular formula is C17H26FN3O2S. The Hall–Kier alpha value is -1.76. The molecule has 1 aromatic rings. The Balaban J connectivity index is 2.05. The standard InChI is InChI=1S/C17H26FN3O2S/c1-19-17(20-11-4-3-6-16(22)23-2)21-12-5-13-24-15-9-7-14(18)8-10-15/h7-10H,3-6,11-13H2,1-2H3,(H2,19,20,21). The normalized spacial score (nSPS) is 11.2. The van der Waals surface area contributed by atoms with E-state index >= 15 is 0 Å². The summed E-state index contributed by atoms with van der Waals surface area (Å²) in [5.74, 6) is 1.34. The van der Waals surface area contributed by atoms with Gasteiger partial charge in [-0.15, -0.1) is 11.8 Å². The van der Waals surface area contributed by atoms with Gasteiger partial charge in [0.1, 0.15) is 5.82 Å². The number of rotatable bonds is 10. The highest BCUT2D eigenvalue weighted by atomic mass is 32.2. The molecule has 0 heterocycles. The molecule has 134 valence electrons. The quantitative estimate of drug-likeness (QED) is 0.222. The summed E-state index contributed by atoms with van der Waals surface area (Å²) in [5.41, 5.74) is 0.